The molecule has 0 radical (unpaired) electrons. The number of aliphatic hydroxyl groups is 1. The molecule has 108 valence electrons. The highest BCUT2D eigenvalue weighted by Gasteiger charge is 2.18. The zero-order chi connectivity index (χ0) is 15.4. The standard InChI is InChI=1S/C15H14N2O4/c1-11-2-6-13(7-3-11)16(10-18)15(19)12-4-8-14(9-5-12)17(20)21/h2-10,15,19H,1H3. The van der Waals surface area contributed by atoms with Gasteiger partial charge in [0.2, 0.25) is 6.41 Å². The van der Waals surface area contributed by atoms with Gasteiger partial charge in [-0.1, -0.05) is 17.7 Å². The van der Waals surface area contributed by atoms with Gasteiger partial charge in [0.15, 0.2) is 6.23 Å². The van der Waals surface area contributed by atoms with Crippen LogP contribution in [0.1, 0.15) is 17.4 Å². The molecule has 2 rings (SSSR count). The number of carbonyl (C=O) groups excluding carboxylic acids is 1. The Bertz CT molecular complexity index is 638. The van der Waals surface area contributed by atoms with Gasteiger partial charge in [0.05, 0.1) is 4.92 Å². The number of rotatable bonds is 5. The van der Waals surface area contributed by atoms with Gasteiger partial charge in [-0.25, -0.2) is 0 Å². The zero-order valence-electron chi connectivity index (χ0n) is 11.3. The van der Waals surface area contributed by atoms with Gasteiger partial charge in [-0.2, -0.15) is 0 Å². The number of non-ortho nitro benzene ring substituents is 1. The fourth-order valence-corrected chi connectivity index (χ4v) is 1.91. The van der Waals surface area contributed by atoms with Gasteiger partial charge in [0, 0.05) is 23.4 Å². The van der Waals surface area contributed by atoms with Crippen molar-refractivity contribution in [1.29, 1.82) is 0 Å². The van der Waals surface area contributed by atoms with Gasteiger partial charge in [-0.3, -0.25) is 19.8 Å². The first-order chi connectivity index (χ1) is 10.0. The number of nitro benzene ring substituents is 1. The van der Waals surface area contributed by atoms with Crippen LogP contribution in [0.4, 0.5) is 11.4 Å². The minimum Gasteiger partial charge on any atom is -0.369 e. The predicted octanol–water partition coefficient (Wildman–Crippen LogP) is 2.56. The third-order valence-corrected chi connectivity index (χ3v) is 3.11. The smallest absolute Gasteiger partial charge is 0.269 e. The maximum Gasteiger partial charge on any atom is 0.269 e. The molecule has 0 aliphatic carbocycles. The summed E-state index contributed by atoms with van der Waals surface area (Å²) in [5, 5.41) is 20.9. The second kappa shape index (κ2) is 6.15. The van der Waals surface area contributed by atoms with Crippen LogP contribution in [0.3, 0.4) is 0 Å². The number of nitrogens with zero attached hydrogens (tertiary/aromatic N) is 2. The number of anilines is 1. The Hall–Kier alpha value is -2.73. The molecule has 6 nitrogen and oxygen atoms in total. The lowest BCUT2D eigenvalue weighted by Crippen LogP contribution is -2.26. The van der Waals surface area contributed by atoms with E-state index in [2.05, 4.69) is 0 Å². The van der Waals surface area contributed by atoms with E-state index in [1.807, 2.05) is 19.1 Å². The molecule has 2 aromatic rings. The normalized spacial score (nSPS) is 11.7. The van der Waals surface area contributed by atoms with Crippen molar-refractivity contribution in [3.05, 3.63) is 69.8 Å². The first kappa shape index (κ1) is 14.7. The molecule has 0 aliphatic rings. The van der Waals surface area contributed by atoms with E-state index in [0.29, 0.717) is 17.7 Å². The lowest BCUT2D eigenvalue weighted by atomic mass is 10.1. The van der Waals surface area contributed by atoms with E-state index in [1.54, 1.807) is 12.1 Å². The lowest BCUT2D eigenvalue weighted by Gasteiger charge is -2.24. The Labute approximate surface area is 121 Å². The molecular formula is C15H14N2O4. The van der Waals surface area contributed by atoms with Crippen LogP contribution < -0.4 is 4.90 Å². The Morgan fingerprint density at radius 2 is 1.71 bits per heavy atom. The monoisotopic (exact) mass is 286 g/mol. The van der Waals surface area contributed by atoms with E-state index in [0.717, 1.165) is 10.5 Å². The third-order valence-electron chi connectivity index (χ3n) is 3.11. The van der Waals surface area contributed by atoms with E-state index >= 15 is 0 Å². The van der Waals surface area contributed by atoms with Crippen LogP contribution in [0.15, 0.2) is 48.5 Å². The maximum absolute atomic E-state index is 11.2. The number of hydrogen-bond acceptors (Lipinski definition) is 4. The number of carbonyl (C=O) groups is 1. The minimum atomic E-state index is -1.20. The van der Waals surface area contributed by atoms with Crippen LogP contribution >= 0.6 is 0 Å². The molecular weight excluding hydrogens is 272 g/mol. The molecule has 1 amide bonds. The summed E-state index contributed by atoms with van der Waals surface area (Å²) in [5.41, 5.74) is 1.91. The SMILES string of the molecule is Cc1ccc(N(C=O)C(O)c2ccc([N+](=O)[O-])cc2)cc1. The summed E-state index contributed by atoms with van der Waals surface area (Å²) in [4.78, 5) is 22.5. The lowest BCUT2D eigenvalue weighted by molar-refractivity contribution is -0.384. The Morgan fingerprint density at radius 3 is 2.19 bits per heavy atom. The Balaban J connectivity index is 2.27. The van der Waals surface area contributed by atoms with Crippen molar-refractivity contribution < 1.29 is 14.8 Å². The van der Waals surface area contributed by atoms with E-state index < -0.39 is 11.2 Å². The van der Waals surface area contributed by atoms with Gasteiger partial charge in [0.25, 0.3) is 5.69 Å². The molecule has 0 saturated carbocycles. The molecule has 0 bridgehead atoms. The average molecular weight is 286 g/mol. The van der Waals surface area contributed by atoms with Crippen molar-refractivity contribution >= 4 is 17.8 Å². The van der Waals surface area contributed by atoms with Crippen LogP contribution in [0.2, 0.25) is 0 Å². The maximum atomic E-state index is 11.2. The van der Waals surface area contributed by atoms with Gasteiger partial charge < -0.3 is 5.11 Å². The van der Waals surface area contributed by atoms with E-state index in [1.165, 1.54) is 24.3 Å². The molecule has 0 saturated heterocycles. The quantitative estimate of drug-likeness (QED) is 0.396. The summed E-state index contributed by atoms with van der Waals surface area (Å²) < 4.78 is 0. The molecule has 21 heavy (non-hydrogen) atoms. The van der Waals surface area contributed by atoms with Crippen LogP contribution in [0, 0.1) is 17.0 Å². The Morgan fingerprint density at radius 1 is 1.14 bits per heavy atom. The molecule has 0 aromatic heterocycles. The largest absolute Gasteiger partial charge is 0.369 e. The number of hydrogen-bond donors (Lipinski definition) is 1. The highest BCUT2D eigenvalue weighted by Crippen LogP contribution is 2.25. The summed E-state index contributed by atoms with van der Waals surface area (Å²) in [6.07, 6.45) is -0.678. The molecule has 0 aliphatic heterocycles. The van der Waals surface area contributed by atoms with Crippen molar-refractivity contribution in [3.8, 4) is 0 Å². The average Bonchev–Trinajstić information content (AvgIpc) is 2.50. The topological polar surface area (TPSA) is 83.7 Å². The first-order valence-corrected chi connectivity index (χ1v) is 6.25. The molecule has 1 unspecified atom stereocenters. The van der Waals surface area contributed by atoms with Crippen molar-refractivity contribution in [3.63, 3.8) is 0 Å². The summed E-state index contributed by atoms with van der Waals surface area (Å²) in [5.74, 6) is 0. The fourth-order valence-electron chi connectivity index (χ4n) is 1.91. The molecule has 0 heterocycles. The summed E-state index contributed by atoms with van der Waals surface area (Å²) in [6.45, 7) is 1.92. The number of amides is 1. The van der Waals surface area contributed by atoms with Crippen molar-refractivity contribution in [2.24, 2.45) is 0 Å². The number of aliphatic hydroxyl groups excluding tert-OH is 1. The molecule has 0 spiro atoms. The number of benzene rings is 2. The summed E-state index contributed by atoms with van der Waals surface area (Å²) in [7, 11) is 0. The van der Waals surface area contributed by atoms with Gasteiger partial charge in [0.1, 0.15) is 0 Å². The van der Waals surface area contributed by atoms with Crippen molar-refractivity contribution in [2.75, 3.05) is 4.90 Å². The van der Waals surface area contributed by atoms with E-state index in [9.17, 15) is 20.0 Å². The molecule has 1 N–H and O–H groups in total. The molecule has 0 fully saturated rings. The predicted molar refractivity (Wildman–Crippen MR) is 77.8 cm³/mol. The van der Waals surface area contributed by atoms with Crippen LogP contribution in [-0.2, 0) is 4.79 Å². The minimum absolute atomic E-state index is 0.0704. The van der Waals surface area contributed by atoms with Gasteiger partial charge in [-0.15, -0.1) is 0 Å². The van der Waals surface area contributed by atoms with Crippen LogP contribution in [0.5, 0.6) is 0 Å². The highest BCUT2D eigenvalue weighted by atomic mass is 16.6. The number of aryl methyl sites for hydroxylation is 1. The molecule has 6 heteroatoms. The van der Waals surface area contributed by atoms with Gasteiger partial charge in [-0.05, 0) is 31.2 Å². The third kappa shape index (κ3) is 3.24. The first-order valence-electron chi connectivity index (χ1n) is 6.25. The van der Waals surface area contributed by atoms with Crippen molar-refractivity contribution in [2.45, 2.75) is 13.2 Å². The van der Waals surface area contributed by atoms with Crippen molar-refractivity contribution in [1.82, 2.24) is 0 Å². The molecule has 1 atom stereocenters. The van der Waals surface area contributed by atoms with Crippen LogP contribution in [-0.4, -0.2) is 16.4 Å². The summed E-state index contributed by atoms with van der Waals surface area (Å²) in [6, 6.07) is 12.5. The highest BCUT2D eigenvalue weighted by molar-refractivity contribution is 5.76. The van der Waals surface area contributed by atoms with E-state index in [-0.39, 0.29) is 5.69 Å². The zero-order valence-corrected chi connectivity index (χ0v) is 11.3. The summed E-state index contributed by atoms with van der Waals surface area (Å²) >= 11 is 0. The molecule has 2 aromatic carbocycles. The van der Waals surface area contributed by atoms with Gasteiger partial charge >= 0.3 is 0 Å². The Kier molecular flexibility index (Phi) is 4.30. The van der Waals surface area contributed by atoms with E-state index in [4.69, 9.17) is 0 Å². The second-order valence-electron chi connectivity index (χ2n) is 4.57. The number of nitro groups is 1. The van der Waals surface area contributed by atoms with Crippen LogP contribution in [0.25, 0.3) is 0 Å². The fraction of sp³-hybridized carbons (Fsp3) is 0.133. The second-order valence-corrected chi connectivity index (χ2v) is 4.57.